The van der Waals surface area contributed by atoms with Gasteiger partial charge in [-0.25, -0.2) is 0 Å². The molecule has 1 heterocycles. The maximum absolute atomic E-state index is 3.75. The molecule has 0 aliphatic heterocycles. The topological polar surface area (TPSA) is 17.0 Å². The number of thioether (sulfide) groups is 1. The van der Waals surface area contributed by atoms with Crippen molar-refractivity contribution in [2.75, 3.05) is 5.75 Å². The number of nitrogens with zero attached hydrogens (tertiary/aromatic N) is 1. The minimum Gasteiger partial charge on any atom is -0.354 e. The van der Waals surface area contributed by atoms with Gasteiger partial charge in [-0.2, -0.15) is 11.8 Å². The standard InChI is InChI=1S/C15H26N2S/c1-3-9-17-10-8-13(12-17)11-16-14-6-5-7-15(14)18-4-2/h8,10,12,14-16H,3-7,9,11H2,1-2H3. The molecule has 2 nitrogen and oxygen atoms in total. The predicted molar refractivity (Wildman–Crippen MR) is 81.1 cm³/mol. The second kappa shape index (κ2) is 7.25. The Kier molecular flexibility index (Phi) is 5.64. The van der Waals surface area contributed by atoms with E-state index >= 15 is 0 Å². The molecule has 1 fully saturated rings. The summed E-state index contributed by atoms with van der Waals surface area (Å²) >= 11 is 2.13. The Morgan fingerprint density at radius 3 is 3.06 bits per heavy atom. The Labute approximate surface area is 116 Å². The van der Waals surface area contributed by atoms with Gasteiger partial charge in [0.2, 0.25) is 0 Å². The third-order valence-corrected chi connectivity index (χ3v) is 5.02. The van der Waals surface area contributed by atoms with Crippen LogP contribution in [0.25, 0.3) is 0 Å². The lowest BCUT2D eigenvalue weighted by Crippen LogP contribution is -2.33. The third kappa shape index (κ3) is 3.79. The lowest BCUT2D eigenvalue weighted by atomic mass is 10.2. The monoisotopic (exact) mass is 266 g/mol. The molecule has 0 saturated heterocycles. The summed E-state index contributed by atoms with van der Waals surface area (Å²) in [6.07, 6.45) is 9.84. The number of hydrogen-bond donors (Lipinski definition) is 1. The van der Waals surface area contributed by atoms with Gasteiger partial charge >= 0.3 is 0 Å². The van der Waals surface area contributed by atoms with Crippen molar-refractivity contribution < 1.29 is 0 Å². The molecule has 1 aliphatic rings. The van der Waals surface area contributed by atoms with Crippen molar-refractivity contribution in [1.29, 1.82) is 0 Å². The van der Waals surface area contributed by atoms with Crippen LogP contribution < -0.4 is 5.32 Å². The van der Waals surface area contributed by atoms with Crippen LogP contribution >= 0.6 is 11.8 Å². The minimum absolute atomic E-state index is 0.726. The van der Waals surface area contributed by atoms with E-state index in [1.807, 2.05) is 0 Å². The van der Waals surface area contributed by atoms with E-state index in [0.717, 1.165) is 24.4 Å². The van der Waals surface area contributed by atoms with Crippen LogP contribution in [0, 0.1) is 0 Å². The molecule has 0 radical (unpaired) electrons. The quantitative estimate of drug-likeness (QED) is 0.811. The van der Waals surface area contributed by atoms with Crippen LogP contribution in [0.3, 0.4) is 0 Å². The molecule has 102 valence electrons. The van der Waals surface area contributed by atoms with E-state index in [-0.39, 0.29) is 0 Å². The Morgan fingerprint density at radius 1 is 1.39 bits per heavy atom. The van der Waals surface area contributed by atoms with Gasteiger partial charge < -0.3 is 9.88 Å². The molecule has 3 heteroatoms. The molecule has 2 rings (SSSR count). The fraction of sp³-hybridized carbons (Fsp3) is 0.733. The van der Waals surface area contributed by atoms with Crippen LogP contribution in [0.5, 0.6) is 0 Å². The van der Waals surface area contributed by atoms with Crippen molar-refractivity contribution in [2.24, 2.45) is 0 Å². The van der Waals surface area contributed by atoms with Crippen molar-refractivity contribution >= 4 is 11.8 Å². The molecule has 0 aromatic carbocycles. The summed E-state index contributed by atoms with van der Waals surface area (Å²) in [4.78, 5) is 0. The first-order chi connectivity index (χ1) is 8.83. The van der Waals surface area contributed by atoms with E-state index in [2.05, 4.69) is 54.0 Å². The molecule has 0 bridgehead atoms. The molecule has 0 amide bonds. The fourth-order valence-corrected chi connectivity index (χ4v) is 4.04. The van der Waals surface area contributed by atoms with E-state index in [9.17, 15) is 0 Å². The van der Waals surface area contributed by atoms with Gasteiger partial charge in [-0.1, -0.05) is 20.3 Å². The number of hydrogen-bond acceptors (Lipinski definition) is 2. The summed E-state index contributed by atoms with van der Waals surface area (Å²) in [6, 6.07) is 2.98. The predicted octanol–water partition coefficient (Wildman–Crippen LogP) is 3.66. The average Bonchev–Trinajstić information content (AvgIpc) is 2.97. The number of aromatic nitrogens is 1. The Balaban J connectivity index is 1.79. The highest BCUT2D eigenvalue weighted by Crippen LogP contribution is 2.30. The van der Waals surface area contributed by atoms with Crippen LogP contribution in [0.1, 0.15) is 45.1 Å². The van der Waals surface area contributed by atoms with E-state index in [4.69, 9.17) is 0 Å². The second-order valence-electron chi connectivity index (χ2n) is 5.17. The summed E-state index contributed by atoms with van der Waals surface area (Å²) in [5, 5.41) is 4.59. The summed E-state index contributed by atoms with van der Waals surface area (Å²) in [5.41, 5.74) is 1.43. The maximum atomic E-state index is 3.75. The summed E-state index contributed by atoms with van der Waals surface area (Å²) < 4.78 is 2.30. The van der Waals surface area contributed by atoms with Gasteiger partial charge in [0.1, 0.15) is 0 Å². The highest BCUT2D eigenvalue weighted by Gasteiger charge is 2.26. The molecular formula is C15H26N2S. The van der Waals surface area contributed by atoms with E-state index < -0.39 is 0 Å². The molecule has 1 saturated carbocycles. The lowest BCUT2D eigenvalue weighted by molar-refractivity contribution is 0.531. The highest BCUT2D eigenvalue weighted by atomic mass is 32.2. The fourth-order valence-electron chi connectivity index (χ4n) is 2.81. The van der Waals surface area contributed by atoms with Gasteiger partial charge in [0.25, 0.3) is 0 Å². The normalized spacial score (nSPS) is 23.7. The summed E-state index contributed by atoms with van der Waals surface area (Å²) in [5.74, 6) is 1.25. The van der Waals surface area contributed by atoms with Crippen LogP contribution in [-0.4, -0.2) is 21.6 Å². The Morgan fingerprint density at radius 2 is 2.28 bits per heavy atom. The van der Waals surface area contributed by atoms with Crippen molar-refractivity contribution in [3.05, 3.63) is 24.0 Å². The molecule has 2 unspecified atom stereocenters. The van der Waals surface area contributed by atoms with Crippen molar-refractivity contribution in [3.8, 4) is 0 Å². The zero-order valence-corrected chi connectivity index (χ0v) is 12.5. The summed E-state index contributed by atoms with van der Waals surface area (Å²) in [7, 11) is 0. The molecule has 1 aromatic heterocycles. The minimum atomic E-state index is 0.726. The van der Waals surface area contributed by atoms with Crippen molar-refractivity contribution in [3.63, 3.8) is 0 Å². The number of aryl methyl sites for hydroxylation is 1. The van der Waals surface area contributed by atoms with Gasteiger partial charge in [-0.05, 0) is 36.6 Å². The largest absolute Gasteiger partial charge is 0.354 e. The SMILES string of the molecule is CCCn1ccc(CNC2CCCC2SCC)c1. The van der Waals surface area contributed by atoms with Gasteiger partial charge in [0, 0.05) is 36.8 Å². The number of nitrogens with one attached hydrogen (secondary N) is 1. The van der Waals surface area contributed by atoms with Crippen LogP contribution in [0.15, 0.2) is 18.5 Å². The Hall–Kier alpha value is -0.410. The van der Waals surface area contributed by atoms with Crippen molar-refractivity contribution in [2.45, 2.75) is 63.9 Å². The highest BCUT2D eigenvalue weighted by molar-refractivity contribution is 7.99. The first kappa shape index (κ1) is 14.0. The zero-order chi connectivity index (χ0) is 12.8. The van der Waals surface area contributed by atoms with Crippen molar-refractivity contribution in [1.82, 2.24) is 9.88 Å². The van der Waals surface area contributed by atoms with E-state index in [1.165, 1.54) is 37.0 Å². The van der Waals surface area contributed by atoms with Gasteiger partial charge in [-0.3, -0.25) is 0 Å². The van der Waals surface area contributed by atoms with E-state index in [0.29, 0.717) is 0 Å². The molecule has 0 spiro atoms. The third-order valence-electron chi connectivity index (χ3n) is 3.70. The molecular weight excluding hydrogens is 240 g/mol. The molecule has 1 aliphatic carbocycles. The number of rotatable bonds is 7. The lowest BCUT2D eigenvalue weighted by Gasteiger charge is -2.19. The molecule has 18 heavy (non-hydrogen) atoms. The second-order valence-corrected chi connectivity index (χ2v) is 6.69. The van der Waals surface area contributed by atoms with Crippen LogP contribution in [0.2, 0.25) is 0 Å². The smallest absolute Gasteiger partial charge is 0.0223 e. The molecule has 1 N–H and O–H groups in total. The van der Waals surface area contributed by atoms with Gasteiger partial charge in [0.15, 0.2) is 0 Å². The first-order valence-corrected chi connectivity index (χ1v) is 8.38. The maximum Gasteiger partial charge on any atom is 0.0223 e. The molecule has 2 atom stereocenters. The molecule has 1 aromatic rings. The first-order valence-electron chi connectivity index (χ1n) is 7.33. The van der Waals surface area contributed by atoms with Gasteiger partial charge in [0.05, 0.1) is 0 Å². The summed E-state index contributed by atoms with van der Waals surface area (Å²) in [6.45, 7) is 6.66. The zero-order valence-electron chi connectivity index (χ0n) is 11.7. The van der Waals surface area contributed by atoms with Gasteiger partial charge in [-0.15, -0.1) is 0 Å². The van der Waals surface area contributed by atoms with Crippen LogP contribution in [-0.2, 0) is 13.1 Å². The van der Waals surface area contributed by atoms with Crippen LogP contribution in [0.4, 0.5) is 0 Å². The average molecular weight is 266 g/mol. The Bertz CT molecular complexity index is 348. The van der Waals surface area contributed by atoms with E-state index in [1.54, 1.807) is 0 Å².